The normalized spacial score (nSPS) is 43.0. The number of fused-ring (bicyclic) bond motifs is 5. The minimum atomic E-state index is -0.288. The fourth-order valence-corrected chi connectivity index (χ4v) is 9.69. The summed E-state index contributed by atoms with van der Waals surface area (Å²) >= 11 is 5.53. The third-order valence-corrected chi connectivity index (χ3v) is 11.6. The number of alkyl halides is 1. The van der Waals surface area contributed by atoms with E-state index in [1.807, 2.05) is 0 Å². The molecule has 0 bridgehead atoms. The molecule has 0 amide bonds. The number of hydrogen-bond donors (Lipinski definition) is 0. The molecule has 0 aromatic carbocycles. The zero-order chi connectivity index (χ0) is 22.9. The smallest absolute Gasteiger partial charge is 0.320 e. The summed E-state index contributed by atoms with van der Waals surface area (Å²) in [6.45, 7) is 10.7. The number of rotatable bonds is 8. The van der Waals surface area contributed by atoms with E-state index in [9.17, 15) is 4.79 Å². The number of halogens is 1. The van der Waals surface area contributed by atoms with Gasteiger partial charge in [-0.3, -0.25) is 4.79 Å². The molecule has 4 aliphatic rings. The van der Waals surface area contributed by atoms with Gasteiger partial charge in [-0.05, 0) is 110 Å². The van der Waals surface area contributed by atoms with Gasteiger partial charge in [0.25, 0.3) is 0 Å². The Morgan fingerprint density at radius 2 is 1.72 bits per heavy atom. The van der Waals surface area contributed by atoms with E-state index < -0.39 is 0 Å². The highest BCUT2D eigenvalue weighted by atomic mass is 35.5. The van der Waals surface area contributed by atoms with Crippen molar-refractivity contribution in [3.63, 3.8) is 0 Å². The molecule has 2 unspecified atom stereocenters. The summed E-state index contributed by atoms with van der Waals surface area (Å²) < 4.78 is 5.22. The minimum Gasteiger partial charge on any atom is -0.465 e. The number of carbonyl (C=O) groups excluding carboxylic acids is 1. The van der Waals surface area contributed by atoms with Gasteiger partial charge >= 0.3 is 5.97 Å². The molecule has 32 heavy (non-hydrogen) atoms. The molecule has 9 atom stereocenters. The summed E-state index contributed by atoms with van der Waals surface area (Å²) in [7, 11) is 0. The third-order valence-electron chi connectivity index (χ3n) is 11.3. The van der Waals surface area contributed by atoms with Gasteiger partial charge in [0.05, 0.1) is 6.61 Å². The van der Waals surface area contributed by atoms with Crippen molar-refractivity contribution in [1.29, 1.82) is 0 Å². The first-order chi connectivity index (χ1) is 15.3. The highest BCUT2D eigenvalue weighted by Crippen LogP contribution is 2.68. The minimum absolute atomic E-state index is 0.0349. The van der Waals surface area contributed by atoms with E-state index in [1.54, 1.807) is 0 Å². The van der Waals surface area contributed by atoms with Gasteiger partial charge in [0.1, 0.15) is 5.88 Å². The van der Waals surface area contributed by atoms with Gasteiger partial charge in [-0.2, -0.15) is 0 Å². The van der Waals surface area contributed by atoms with Crippen LogP contribution >= 0.6 is 11.6 Å². The Bertz CT molecular complexity index is 649. The second-order valence-electron chi connectivity index (χ2n) is 13.0. The molecule has 0 aromatic rings. The molecular weight excluding hydrogens is 416 g/mol. The van der Waals surface area contributed by atoms with E-state index in [-0.39, 0.29) is 11.8 Å². The molecule has 3 heteroatoms. The van der Waals surface area contributed by atoms with Crippen molar-refractivity contribution in [2.24, 2.45) is 52.3 Å². The van der Waals surface area contributed by atoms with Crippen LogP contribution in [0.3, 0.4) is 0 Å². The van der Waals surface area contributed by atoms with Crippen molar-refractivity contribution in [2.45, 2.75) is 111 Å². The first-order valence-corrected chi connectivity index (χ1v) is 14.5. The summed E-state index contributed by atoms with van der Waals surface area (Å²) in [5, 5.41) is 0. The van der Waals surface area contributed by atoms with Crippen LogP contribution < -0.4 is 0 Å². The quantitative estimate of drug-likeness (QED) is 0.267. The van der Waals surface area contributed by atoms with Crippen molar-refractivity contribution >= 4 is 17.6 Å². The van der Waals surface area contributed by atoms with E-state index >= 15 is 0 Å². The monoisotopic (exact) mass is 464 g/mol. The summed E-state index contributed by atoms with van der Waals surface area (Å²) in [6, 6.07) is 0. The number of esters is 1. The van der Waals surface area contributed by atoms with Crippen molar-refractivity contribution in [3.05, 3.63) is 0 Å². The van der Waals surface area contributed by atoms with Crippen molar-refractivity contribution < 1.29 is 9.53 Å². The van der Waals surface area contributed by atoms with Crippen molar-refractivity contribution in [3.8, 4) is 0 Å². The maximum absolute atomic E-state index is 11.3. The van der Waals surface area contributed by atoms with Gasteiger partial charge in [0.2, 0.25) is 0 Å². The van der Waals surface area contributed by atoms with Crippen LogP contribution in [0.5, 0.6) is 0 Å². The topological polar surface area (TPSA) is 26.3 Å². The molecule has 4 aliphatic carbocycles. The largest absolute Gasteiger partial charge is 0.465 e. The van der Waals surface area contributed by atoms with Crippen LogP contribution in [0.25, 0.3) is 0 Å². The SMILES string of the molecule is CC(CCC[C@@H](C)[C@H]1CC[C@H]2[C@@H]3CCC4CCCC[C@]4(C)[C@H]3CC[C@]12C)COC(=O)CCl. The summed E-state index contributed by atoms with van der Waals surface area (Å²) in [5.74, 6) is 5.90. The van der Waals surface area contributed by atoms with E-state index in [0.29, 0.717) is 23.4 Å². The average molecular weight is 465 g/mol. The first kappa shape index (κ1) is 24.9. The lowest BCUT2D eigenvalue weighted by Crippen LogP contribution is -2.53. The molecule has 4 fully saturated rings. The second kappa shape index (κ2) is 10.2. The van der Waals surface area contributed by atoms with Crippen LogP contribution in [0.15, 0.2) is 0 Å². The zero-order valence-electron chi connectivity index (χ0n) is 21.3. The van der Waals surface area contributed by atoms with Gasteiger partial charge in [-0.15, -0.1) is 11.6 Å². The van der Waals surface area contributed by atoms with E-state index in [2.05, 4.69) is 27.7 Å². The summed E-state index contributed by atoms with van der Waals surface area (Å²) in [6.07, 6.45) is 18.8. The van der Waals surface area contributed by atoms with Gasteiger partial charge in [-0.1, -0.05) is 53.4 Å². The standard InChI is InChI=1S/C29H49ClO2/c1-20(19-32-27(31)18-30)8-7-9-21(2)24-13-14-25-23-12-11-22-10-5-6-16-28(22,3)26(23)15-17-29(24,25)4/h20-26H,5-19H2,1-4H3/t20?,21-,22?,23+,24-,25+,26+,28+,29-/m1/s1. The van der Waals surface area contributed by atoms with Gasteiger partial charge in [-0.25, -0.2) is 0 Å². The predicted molar refractivity (Wildman–Crippen MR) is 134 cm³/mol. The lowest BCUT2D eigenvalue weighted by Gasteiger charge is -2.61. The average Bonchev–Trinajstić information content (AvgIpc) is 3.14. The molecule has 184 valence electrons. The highest BCUT2D eigenvalue weighted by molar-refractivity contribution is 6.26. The molecule has 2 nitrogen and oxygen atoms in total. The Hall–Kier alpha value is -0.240. The fourth-order valence-electron chi connectivity index (χ4n) is 9.62. The molecule has 0 heterocycles. The fraction of sp³-hybridized carbons (Fsp3) is 0.966. The predicted octanol–water partition coefficient (Wildman–Crippen LogP) is 8.26. The Morgan fingerprint density at radius 1 is 0.938 bits per heavy atom. The lowest BCUT2D eigenvalue weighted by molar-refractivity contribution is -0.141. The maximum atomic E-state index is 11.3. The molecule has 4 rings (SSSR count). The molecule has 4 saturated carbocycles. The van der Waals surface area contributed by atoms with Gasteiger partial charge < -0.3 is 4.74 Å². The first-order valence-electron chi connectivity index (χ1n) is 14.0. The summed E-state index contributed by atoms with van der Waals surface area (Å²) in [5.41, 5.74) is 1.25. The Kier molecular flexibility index (Phi) is 7.90. The Morgan fingerprint density at radius 3 is 2.50 bits per heavy atom. The number of hydrogen-bond acceptors (Lipinski definition) is 2. The van der Waals surface area contributed by atoms with Gasteiger partial charge in [0, 0.05) is 0 Å². The van der Waals surface area contributed by atoms with E-state index in [4.69, 9.17) is 16.3 Å². The molecule has 0 radical (unpaired) electrons. The molecule has 0 spiro atoms. The molecule has 0 saturated heterocycles. The second-order valence-corrected chi connectivity index (χ2v) is 13.2. The lowest BCUT2D eigenvalue weighted by atomic mass is 9.44. The van der Waals surface area contributed by atoms with Crippen LogP contribution in [0.2, 0.25) is 0 Å². The number of ether oxygens (including phenoxy) is 1. The molecular formula is C29H49ClO2. The van der Waals surface area contributed by atoms with Crippen LogP contribution in [0, 0.1) is 52.3 Å². The van der Waals surface area contributed by atoms with Crippen LogP contribution in [0.1, 0.15) is 111 Å². The molecule has 0 aliphatic heterocycles. The van der Waals surface area contributed by atoms with Gasteiger partial charge in [0.15, 0.2) is 0 Å². The van der Waals surface area contributed by atoms with Crippen LogP contribution in [0.4, 0.5) is 0 Å². The van der Waals surface area contributed by atoms with Crippen LogP contribution in [-0.2, 0) is 9.53 Å². The molecule has 0 N–H and O–H groups in total. The Labute approximate surface area is 203 Å². The van der Waals surface area contributed by atoms with Crippen molar-refractivity contribution in [2.75, 3.05) is 12.5 Å². The van der Waals surface area contributed by atoms with E-state index in [1.165, 1.54) is 77.0 Å². The van der Waals surface area contributed by atoms with Crippen molar-refractivity contribution in [1.82, 2.24) is 0 Å². The van der Waals surface area contributed by atoms with E-state index in [0.717, 1.165) is 41.9 Å². The van der Waals surface area contributed by atoms with Crippen LogP contribution in [-0.4, -0.2) is 18.5 Å². The maximum Gasteiger partial charge on any atom is 0.320 e. The Balaban J connectivity index is 1.32. The summed E-state index contributed by atoms with van der Waals surface area (Å²) in [4.78, 5) is 11.3. The third kappa shape index (κ3) is 4.65. The highest BCUT2D eigenvalue weighted by Gasteiger charge is 2.60. The molecule has 0 aromatic heterocycles. The number of carbonyl (C=O) groups is 1. The zero-order valence-corrected chi connectivity index (χ0v) is 22.1.